The molecule has 4 rings (SSSR count). The van der Waals surface area contributed by atoms with Crippen molar-refractivity contribution in [2.45, 2.75) is 33.2 Å². The first-order valence-electron chi connectivity index (χ1n) is 9.38. The van der Waals surface area contributed by atoms with Crippen LogP contribution in [0.4, 0.5) is 5.82 Å². The van der Waals surface area contributed by atoms with Crippen molar-refractivity contribution in [3.05, 3.63) is 94.9 Å². The summed E-state index contributed by atoms with van der Waals surface area (Å²) in [5.74, 6) is 1.82. The van der Waals surface area contributed by atoms with Crippen LogP contribution in [0.1, 0.15) is 28.2 Å². The second-order valence-corrected chi connectivity index (χ2v) is 6.91. The van der Waals surface area contributed by atoms with E-state index in [0.717, 1.165) is 48.1 Å². The molecule has 0 fully saturated rings. The van der Waals surface area contributed by atoms with Crippen LogP contribution in [0.3, 0.4) is 0 Å². The number of hydrogen-bond donors (Lipinski definition) is 1. The number of imidazole rings is 1. The molecule has 4 heteroatoms. The molecule has 0 atom stereocenters. The van der Waals surface area contributed by atoms with Crippen LogP contribution < -0.4 is 5.32 Å². The summed E-state index contributed by atoms with van der Waals surface area (Å²) in [7, 11) is 0. The van der Waals surface area contributed by atoms with Gasteiger partial charge in [0.1, 0.15) is 5.82 Å². The number of rotatable bonds is 6. The fourth-order valence-electron chi connectivity index (χ4n) is 3.46. The zero-order valence-electron chi connectivity index (χ0n) is 15.8. The van der Waals surface area contributed by atoms with Crippen molar-refractivity contribution in [3.8, 4) is 0 Å². The van der Waals surface area contributed by atoms with E-state index in [4.69, 9.17) is 4.98 Å². The minimum atomic E-state index is 0.764. The molecular weight excluding hydrogens is 332 g/mol. The summed E-state index contributed by atoms with van der Waals surface area (Å²) >= 11 is 0. The molecule has 2 heterocycles. The first-order valence-corrected chi connectivity index (χ1v) is 9.38. The second kappa shape index (κ2) is 7.62. The van der Waals surface area contributed by atoms with E-state index in [1.165, 1.54) is 11.1 Å². The number of anilines is 1. The number of aromatic nitrogens is 3. The highest BCUT2D eigenvalue weighted by atomic mass is 15.2. The van der Waals surface area contributed by atoms with Gasteiger partial charge < -0.3 is 5.32 Å². The molecule has 0 spiro atoms. The Hall–Kier alpha value is -3.14. The molecule has 1 N–H and O–H groups in total. The van der Waals surface area contributed by atoms with E-state index in [0.29, 0.717) is 0 Å². The standard InChI is InChI=1S/C23H24N4/c1-17-15-18(2)27-22(24-16-20-11-7-4-8-12-20)21(26-23(27)25-17)14-13-19-9-5-3-6-10-19/h3-12,15,24H,13-14,16H2,1-2H3. The van der Waals surface area contributed by atoms with Gasteiger partial charge in [0.15, 0.2) is 0 Å². The van der Waals surface area contributed by atoms with E-state index in [2.05, 4.69) is 82.3 Å². The Morgan fingerprint density at radius 3 is 2.19 bits per heavy atom. The molecule has 4 nitrogen and oxygen atoms in total. The summed E-state index contributed by atoms with van der Waals surface area (Å²) in [5, 5.41) is 3.61. The lowest BCUT2D eigenvalue weighted by atomic mass is 10.1. The third-order valence-electron chi connectivity index (χ3n) is 4.77. The van der Waals surface area contributed by atoms with E-state index in [-0.39, 0.29) is 0 Å². The third kappa shape index (κ3) is 3.85. The van der Waals surface area contributed by atoms with E-state index >= 15 is 0 Å². The van der Waals surface area contributed by atoms with E-state index in [1.807, 2.05) is 13.0 Å². The zero-order chi connectivity index (χ0) is 18.6. The van der Waals surface area contributed by atoms with Gasteiger partial charge in [-0.3, -0.25) is 4.40 Å². The van der Waals surface area contributed by atoms with Crippen LogP contribution in [0.15, 0.2) is 66.7 Å². The van der Waals surface area contributed by atoms with E-state index in [9.17, 15) is 0 Å². The predicted molar refractivity (Wildman–Crippen MR) is 110 cm³/mol. The maximum absolute atomic E-state index is 4.85. The number of nitrogens with one attached hydrogen (secondary N) is 1. The van der Waals surface area contributed by atoms with Crippen molar-refractivity contribution in [2.75, 3.05) is 5.32 Å². The first kappa shape index (κ1) is 17.3. The third-order valence-corrected chi connectivity index (χ3v) is 4.77. The highest BCUT2D eigenvalue weighted by molar-refractivity contribution is 5.54. The van der Waals surface area contributed by atoms with Gasteiger partial charge >= 0.3 is 0 Å². The van der Waals surface area contributed by atoms with Crippen molar-refractivity contribution in [3.63, 3.8) is 0 Å². The van der Waals surface area contributed by atoms with Gasteiger partial charge in [-0.25, -0.2) is 9.97 Å². The molecule has 2 aromatic carbocycles. The molecule has 0 saturated carbocycles. The van der Waals surface area contributed by atoms with Gasteiger partial charge in [0.25, 0.3) is 0 Å². The van der Waals surface area contributed by atoms with Crippen LogP contribution in [-0.2, 0) is 19.4 Å². The van der Waals surface area contributed by atoms with Gasteiger partial charge in [0, 0.05) is 17.9 Å². The highest BCUT2D eigenvalue weighted by Crippen LogP contribution is 2.22. The summed E-state index contributed by atoms with van der Waals surface area (Å²) in [6.07, 6.45) is 1.84. The smallest absolute Gasteiger partial charge is 0.236 e. The Kier molecular flexibility index (Phi) is 4.88. The molecule has 0 amide bonds. The molecule has 0 bridgehead atoms. The molecule has 0 unspecified atom stereocenters. The molecule has 0 saturated heterocycles. The molecule has 27 heavy (non-hydrogen) atoms. The summed E-state index contributed by atoms with van der Waals surface area (Å²) in [6.45, 7) is 4.89. The van der Waals surface area contributed by atoms with Crippen molar-refractivity contribution in [1.82, 2.24) is 14.4 Å². The molecule has 2 aromatic heterocycles. The van der Waals surface area contributed by atoms with Crippen molar-refractivity contribution < 1.29 is 0 Å². The highest BCUT2D eigenvalue weighted by Gasteiger charge is 2.15. The maximum Gasteiger partial charge on any atom is 0.236 e. The number of benzene rings is 2. The van der Waals surface area contributed by atoms with Crippen LogP contribution in [0.5, 0.6) is 0 Å². The molecule has 0 radical (unpaired) electrons. The first-order chi connectivity index (χ1) is 13.2. The Morgan fingerprint density at radius 2 is 1.48 bits per heavy atom. The van der Waals surface area contributed by atoms with Crippen LogP contribution in [0, 0.1) is 13.8 Å². The van der Waals surface area contributed by atoms with Crippen LogP contribution in [-0.4, -0.2) is 14.4 Å². The SMILES string of the molecule is Cc1cc(C)n2c(NCc3ccccc3)c(CCc3ccccc3)nc2n1. The summed E-state index contributed by atoms with van der Waals surface area (Å²) in [5.41, 5.74) is 5.78. The lowest BCUT2D eigenvalue weighted by Crippen LogP contribution is -2.07. The number of aryl methyl sites for hydroxylation is 4. The summed E-state index contributed by atoms with van der Waals surface area (Å²) < 4.78 is 2.14. The molecular formula is C23H24N4. The van der Waals surface area contributed by atoms with E-state index < -0.39 is 0 Å². The molecule has 136 valence electrons. The fourth-order valence-corrected chi connectivity index (χ4v) is 3.46. The van der Waals surface area contributed by atoms with Gasteiger partial charge in [0.2, 0.25) is 5.78 Å². The van der Waals surface area contributed by atoms with Gasteiger partial charge in [0.05, 0.1) is 5.69 Å². The Bertz CT molecular complexity index is 1040. The van der Waals surface area contributed by atoms with Crippen molar-refractivity contribution in [2.24, 2.45) is 0 Å². The predicted octanol–water partition coefficient (Wildman–Crippen LogP) is 4.74. The summed E-state index contributed by atoms with van der Waals surface area (Å²) in [4.78, 5) is 9.49. The molecule has 4 aromatic rings. The number of fused-ring (bicyclic) bond motifs is 1. The summed E-state index contributed by atoms with van der Waals surface area (Å²) in [6, 6.07) is 23.1. The molecule has 0 aliphatic carbocycles. The minimum Gasteiger partial charge on any atom is -0.366 e. The Morgan fingerprint density at radius 1 is 0.815 bits per heavy atom. The lowest BCUT2D eigenvalue weighted by molar-refractivity contribution is 0.921. The molecule has 0 aliphatic rings. The lowest BCUT2D eigenvalue weighted by Gasteiger charge is -2.11. The number of hydrogen-bond acceptors (Lipinski definition) is 3. The second-order valence-electron chi connectivity index (χ2n) is 6.91. The van der Waals surface area contributed by atoms with Gasteiger partial charge in [-0.1, -0.05) is 60.7 Å². The van der Waals surface area contributed by atoms with Crippen molar-refractivity contribution in [1.29, 1.82) is 0 Å². The fraction of sp³-hybridized carbons (Fsp3) is 0.217. The largest absolute Gasteiger partial charge is 0.366 e. The maximum atomic E-state index is 4.85. The number of nitrogens with zero attached hydrogens (tertiary/aromatic N) is 3. The molecule has 0 aliphatic heterocycles. The minimum absolute atomic E-state index is 0.764. The Labute approximate surface area is 159 Å². The van der Waals surface area contributed by atoms with Crippen molar-refractivity contribution >= 4 is 11.6 Å². The van der Waals surface area contributed by atoms with Crippen LogP contribution in [0.2, 0.25) is 0 Å². The van der Waals surface area contributed by atoms with Crippen LogP contribution in [0.25, 0.3) is 5.78 Å². The average molecular weight is 356 g/mol. The van der Waals surface area contributed by atoms with Crippen LogP contribution >= 0.6 is 0 Å². The van der Waals surface area contributed by atoms with Gasteiger partial charge in [-0.2, -0.15) is 0 Å². The average Bonchev–Trinajstić information content (AvgIpc) is 3.04. The van der Waals surface area contributed by atoms with E-state index in [1.54, 1.807) is 0 Å². The Balaban J connectivity index is 1.67. The van der Waals surface area contributed by atoms with Gasteiger partial charge in [-0.05, 0) is 43.9 Å². The van der Waals surface area contributed by atoms with Gasteiger partial charge in [-0.15, -0.1) is 0 Å². The topological polar surface area (TPSA) is 42.2 Å². The normalized spacial score (nSPS) is 11.0. The zero-order valence-corrected chi connectivity index (χ0v) is 15.8. The monoisotopic (exact) mass is 356 g/mol. The quantitative estimate of drug-likeness (QED) is 0.542.